The summed E-state index contributed by atoms with van der Waals surface area (Å²) in [6.45, 7) is 1.83. The van der Waals surface area contributed by atoms with Crippen LogP contribution in [0.2, 0.25) is 0 Å². The van der Waals surface area contributed by atoms with Crippen molar-refractivity contribution in [2.75, 3.05) is 0 Å². The summed E-state index contributed by atoms with van der Waals surface area (Å²) in [6.07, 6.45) is 1.48. The SMILES string of the molecule is CC[C@@]1(O)C(=O)OCc2c1cc1n(c2=O)Cc2c-1nc1cc(F)cc3c1c2CCC3N. The second-order valence-corrected chi connectivity index (χ2v) is 8.55. The second kappa shape index (κ2) is 5.99. The number of benzene rings is 1. The third-order valence-corrected chi connectivity index (χ3v) is 7.00. The number of cyclic esters (lactones) is 1. The summed E-state index contributed by atoms with van der Waals surface area (Å²) in [5.41, 5.74) is 8.94. The van der Waals surface area contributed by atoms with Gasteiger partial charge in [0.2, 0.25) is 0 Å². The van der Waals surface area contributed by atoms with Crippen LogP contribution in [-0.2, 0) is 34.7 Å². The van der Waals surface area contributed by atoms with Crippen LogP contribution in [0.5, 0.6) is 0 Å². The summed E-state index contributed by atoms with van der Waals surface area (Å²) in [5, 5.41) is 11.9. The topological polar surface area (TPSA) is 107 Å². The molecule has 3 N–H and O–H groups in total. The third-order valence-electron chi connectivity index (χ3n) is 7.00. The zero-order chi connectivity index (χ0) is 21.7. The van der Waals surface area contributed by atoms with Crippen molar-refractivity contribution in [1.29, 1.82) is 0 Å². The molecule has 6 rings (SSSR count). The smallest absolute Gasteiger partial charge is 0.343 e. The molecule has 1 unspecified atom stereocenters. The first-order valence-electron chi connectivity index (χ1n) is 10.4. The molecule has 1 aliphatic carbocycles. The highest BCUT2D eigenvalue weighted by Gasteiger charge is 2.45. The van der Waals surface area contributed by atoms with Gasteiger partial charge in [-0.25, -0.2) is 14.2 Å². The Bertz CT molecular complexity index is 1400. The lowest BCUT2D eigenvalue weighted by Gasteiger charge is -2.31. The number of fused-ring (bicyclic) bond motifs is 5. The summed E-state index contributed by atoms with van der Waals surface area (Å²) in [4.78, 5) is 30.3. The first-order chi connectivity index (χ1) is 14.8. The van der Waals surface area contributed by atoms with Crippen LogP contribution in [-0.4, -0.2) is 20.6 Å². The number of esters is 1. The number of halogens is 1. The Morgan fingerprint density at radius 3 is 2.87 bits per heavy atom. The van der Waals surface area contributed by atoms with Crippen molar-refractivity contribution in [2.24, 2.45) is 5.73 Å². The quantitative estimate of drug-likeness (QED) is 0.456. The minimum absolute atomic E-state index is 0.0808. The monoisotopic (exact) mass is 421 g/mol. The molecule has 3 aliphatic rings. The Morgan fingerprint density at radius 2 is 2.10 bits per heavy atom. The molecule has 1 aromatic carbocycles. The lowest BCUT2D eigenvalue weighted by atomic mass is 9.84. The molecule has 0 saturated heterocycles. The molecule has 0 fully saturated rings. The van der Waals surface area contributed by atoms with Crippen LogP contribution in [0, 0.1) is 5.82 Å². The Hall–Kier alpha value is -3.10. The molecule has 2 atom stereocenters. The van der Waals surface area contributed by atoms with Crippen LogP contribution in [0.15, 0.2) is 23.0 Å². The first-order valence-corrected chi connectivity index (χ1v) is 10.4. The van der Waals surface area contributed by atoms with E-state index in [0.717, 1.165) is 22.1 Å². The number of aryl methyl sites for hydroxylation is 1. The molecule has 31 heavy (non-hydrogen) atoms. The molecular formula is C23H20FN3O4. The van der Waals surface area contributed by atoms with Crippen molar-refractivity contribution in [2.45, 2.75) is 51.0 Å². The summed E-state index contributed by atoms with van der Waals surface area (Å²) in [5.74, 6) is -1.16. The number of nitrogens with zero attached hydrogens (tertiary/aromatic N) is 2. The second-order valence-electron chi connectivity index (χ2n) is 8.55. The fourth-order valence-corrected chi connectivity index (χ4v) is 5.33. The van der Waals surface area contributed by atoms with Crippen molar-refractivity contribution >= 4 is 16.9 Å². The van der Waals surface area contributed by atoms with Crippen molar-refractivity contribution in [3.05, 3.63) is 62.2 Å². The van der Waals surface area contributed by atoms with E-state index >= 15 is 0 Å². The molecule has 2 aliphatic heterocycles. The molecule has 0 bridgehead atoms. The molecule has 0 saturated carbocycles. The van der Waals surface area contributed by atoms with Crippen LogP contribution in [0.25, 0.3) is 22.3 Å². The fraction of sp³-hybridized carbons (Fsp3) is 0.348. The van der Waals surface area contributed by atoms with E-state index in [1.165, 1.54) is 12.1 Å². The zero-order valence-corrected chi connectivity index (χ0v) is 16.9. The van der Waals surface area contributed by atoms with Gasteiger partial charge in [-0.1, -0.05) is 6.92 Å². The lowest BCUT2D eigenvalue weighted by Crippen LogP contribution is -2.44. The summed E-state index contributed by atoms with van der Waals surface area (Å²) in [7, 11) is 0. The van der Waals surface area contributed by atoms with Gasteiger partial charge in [-0.2, -0.15) is 0 Å². The number of rotatable bonds is 1. The third kappa shape index (κ3) is 2.26. The van der Waals surface area contributed by atoms with Crippen molar-refractivity contribution < 1.29 is 19.0 Å². The number of pyridine rings is 2. The van der Waals surface area contributed by atoms with Gasteiger partial charge in [-0.15, -0.1) is 0 Å². The van der Waals surface area contributed by atoms with Gasteiger partial charge < -0.3 is 20.1 Å². The number of aromatic nitrogens is 2. The number of ether oxygens (including phenoxy) is 1. The predicted molar refractivity (Wildman–Crippen MR) is 110 cm³/mol. The maximum absolute atomic E-state index is 14.3. The van der Waals surface area contributed by atoms with E-state index in [0.29, 0.717) is 36.3 Å². The van der Waals surface area contributed by atoms with Crippen molar-refractivity contribution in [3.8, 4) is 11.4 Å². The maximum Gasteiger partial charge on any atom is 0.343 e. The van der Waals surface area contributed by atoms with Crippen molar-refractivity contribution in [1.82, 2.24) is 9.55 Å². The van der Waals surface area contributed by atoms with E-state index in [-0.39, 0.29) is 35.8 Å². The number of carbonyl (C=O) groups is 1. The highest BCUT2D eigenvalue weighted by molar-refractivity contribution is 5.92. The predicted octanol–water partition coefficient (Wildman–Crippen LogP) is 2.16. The van der Waals surface area contributed by atoms with E-state index < -0.39 is 17.4 Å². The molecule has 8 heteroatoms. The van der Waals surface area contributed by atoms with E-state index in [4.69, 9.17) is 15.5 Å². The minimum Gasteiger partial charge on any atom is -0.458 e. The number of hydrogen-bond acceptors (Lipinski definition) is 6. The Morgan fingerprint density at radius 1 is 1.29 bits per heavy atom. The fourth-order valence-electron chi connectivity index (χ4n) is 5.33. The zero-order valence-electron chi connectivity index (χ0n) is 16.9. The normalized spacial score (nSPS) is 23.4. The van der Waals surface area contributed by atoms with Crippen LogP contribution in [0.4, 0.5) is 4.39 Å². The summed E-state index contributed by atoms with van der Waals surface area (Å²) in [6, 6.07) is 4.28. The molecule has 158 valence electrons. The number of nitrogens with two attached hydrogens (primary N) is 1. The molecular weight excluding hydrogens is 401 g/mol. The van der Waals surface area contributed by atoms with E-state index in [1.807, 2.05) is 0 Å². The van der Waals surface area contributed by atoms with Crippen LogP contribution >= 0.6 is 0 Å². The van der Waals surface area contributed by atoms with Crippen LogP contribution in [0.1, 0.15) is 53.6 Å². The molecule has 0 amide bonds. The maximum atomic E-state index is 14.3. The van der Waals surface area contributed by atoms with E-state index in [9.17, 15) is 19.1 Å². The standard InChI is InChI=1S/C23H20FN3O4/c1-2-23(30)15-7-18-20-13(8-27(18)21(28)14(15)9-31-22(23)29)11-3-4-16(25)12-5-10(24)6-17(26-20)19(11)12/h5-7,16,30H,2-4,8-9,25H2,1H3/t16?,23-/m0/s1. The van der Waals surface area contributed by atoms with Crippen LogP contribution in [0.3, 0.4) is 0 Å². The molecule has 4 heterocycles. The number of aliphatic hydroxyl groups is 1. The average Bonchev–Trinajstić information content (AvgIpc) is 3.12. The van der Waals surface area contributed by atoms with E-state index in [1.54, 1.807) is 17.6 Å². The molecule has 3 aromatic rings. The highest BCUT2D eigenvalue weighted by Crippen LogP contribution is 2.43. The van der Waals surface area contributed by atoms with Gasteiger partial charge in [-0.05, 0) is 42.5 Å². The average molecular weight is 421 g/mol. The van der Waals surface area contributed by atoms with Gasteiger partial charge in [0, 0.05) is 28.6 Å². The Labute approximate surface area is 176 Å². The molecule has 7 nitrogen and oxygen atoms in total. The van der Waals surface area contributed by atoms with Gasteiger partial charge in [0.05, 0.1) is 29.0 Å². The van der Waals surface area contributed by atoms with Gasteiger partial charge in [-0.3, -0.25) is 4.79 Å². The van der Waals surface area contributed by atoms with Gasteiger partial charge in [0.1, 0.15) is 12.4 Å². The summed E-state index contributed by atoms with van der Waals surface area (Å²) < 4.78 is 21.0. The Kier molecular flexibility index (Phi) is 3.60. The highest BCUT2D eigenvalue weighted by atomic mass is 19.1. The van der Waals surface area contributed by atoms with E-state index in [2.05, 4.69) is 0 Å². The Balaban J connectivity index is 1.68. The van der Waals surface area contributed by atoms with Gasteiger partial charge in [0.15, 0.2) is 5.60 Å². The van der Waals surface area contributed by atoms with Gasteiger partial charge in [0.25, 0.3) is 5.56 Å². The van der Waals surface area contributed by atoms with Gasteiger partial charge >= 0.3 is 5.97 Å². The molecule has 0 spiro atoms. The largest absolute Gasteiger partial charge is 0.458 e. The number of hydrogen-bond donors (Lipinski definition) is 2. The molecule has 2 aromatic heterocycles. The van der Waals surface area contributed by atoms with Crippen molar-refractivity contribution in [3.63, 3.8) is 0 Å². The number of carbonyl (C=O) groups excluding carboxylic acids is 1. The lowest BCUT2D eigenvalue weighted by molar-refractivity contribution is -0.172. The summed E-state index contributed by atoms with van der Waals surface area (Å²) >= 11 is 0. The van der Waals surface area contributed by atoms with Crippen LogP contribution < -0.4 is 11.3 Å². The molecule has 0 radical (unpaired) electrons. The minimum atomic E-state index is -1.87. The first kappa shape index (κ1) is 18.7.